The van der Waals surface area contributed by atoms with E-state index in [1.807, 2.05) is 60.9 Å². The molecule has 0 aliphatic heterocycles. The molecule has 0 saturated heterocycles. The molecule has 0 spiro atoms. The van der Waals surface area contributed by atoms with Gasteiger partial charge in [0.05, 0.1) is 0 Å². The predicted molar refractivity (Wildman–Crippen MR) is 272 cm³/mol. The van der Waals surface area contributed by atoms with Gasteiger partial charge < -0.3 is 15.0 Å². The minimum atomic E-state index is 0. The normalized spacial score (nSPS) is 11.1. The summed E-state index contributed by atoms with van der Waals surface area (Å²) in [5.41, 5.74) is 19.1. The van der Waals surface area contributed by atoms with Crippen molar-refractivity contribution in [3.63, 3.8) is 0 Å². The zero-order valence-corrected chi connectivity index (χ0v) is 39.2. The maximum atomic E-state index is 5.24. The molecule has 320 valence electrons. The molecule has 8 aromatic carbocycles. The second kappa shape index (κ2) is 19.9. The summed E-state index contributed by atoms with van der Waals surface area (Å²) in [6.45, 7) is 0. The summed E-state index contributed by atoms with van der Waals surface area (Å²) in [7, 11) is 0. The monoisotopic (exact) mass is 1040 g/mol. The van der Waals surface area contributed by atoms with Gasteiger partial charge in [-0.15, -0.1) is 107 Å². The zero-order chi connectivity index (χ0) is 44.1. The molecule has 0 amide bonds. The predicted octanol–water partition coefficient (Wildman–Crippen LogP) is 15.1. The molecule has 3 heterocycles. The van der Waals surface area contributed by atoms with Crippen LogP contribution in [0.5, 0.6) is 0 Å². The average Bonchev–Trinajstić information content (AvgIpc) is 3.40. The van der Waals surface area contributed by atoms with Crippen molar-refractivity contribution in [2.24, 2.45) is 0 Å². The third kappa shape index (κ3) is 9.42. The van der Waals surface area contributed by atoms with Crippen molar-refractivity contribution < 1.29 is 20.1 Å². The van der Waals surface area contributed by atoms with Crippen LogP contribution in [0.4, 0.5) is 0 Å². The molecule has 3 nitrogen and oxygen atoms in total. The molecule has 67 heavy (non-hydrogen) atoms. The van der Waals surface area contributed by atoms with Gasteiger partial charge in [0.15, 0.2) is 0 Å². The molecule has 4 heteroatoms. The van der Waals surface area contributed by atoms with Gasteiger partial charge in [0, 0.05) is 24.2 Å². The number of hydrogen-bond donors (Lipinski definition) is 0. The maximum Gasteiger partial charge on any atom is 3.00 e. The van der Waals surface area contributed by atoms with Gasteiger partial charge in [-0.05, 0) is 109 Å². The van der Waals surface area contributed by atoms with Crippen LogP contribution in [-0.2, 0) is 45.8 Å². The van der Waals surface area contributed by atoms with E-state index in [0.717, 1.165) is 92.1 Å². The minimum absolute atomic E-state index is 0. The van der Waals surface area contributed by atoms with E-state index >= 15 is 0 Å². The first-order valence-corrected chi connectivity index (χ1v) is 22.6. The Kier molecular flexibility index (Phi) is 12.8. The molecule has 0 bridgehead atoms. The van der Waals surface area contributed by atoms with Crippen LogP contribution < -0.4 is 0 Å². The Balaban J connectivity index is 0.00000525. The Hall–Kier alpha value is -7.62. The minimum Gasteiger partial charge on any atom is -0.304 e. The molecule has 11 aromatic rings. The summed E-state index contributed by atoms with van der Waals surface area (Å²) < 4.78 is 0. The Morgan fingerprint density at radius 1 is 0.358 bits per heavy atom. The molecular weight excluding hydrogens is 991 g/mol. The van der Waals surface area contributed by atoms with Gasteiger partial charge in [-0.3, -0.25) is 0 Å². The Morgan fingerprint density at radius 3 is 1.54 bits per heavy atom. The van der Waals surface area contributed by atoms with Crippen LogP contribution in [0.3, 0.4) is 0 Å². The smallest absolute Gasteiger partial charge is 0.304 e. The van der Waals surface area contributed by atoms with Gasteiger partial charge >= 0.3 is 20.1 Å². The fraction of sp³-hybridized carbons (Fsp3) is 0.0635. The van der Waals surface area contributed by atoms with E-state index in [4.69, 9.17) is 15.0 Å². The van der Waals surface area contributed by atoms with Gasteiger partial charge in [0.1, 0.15) is 0 Å². The van der Waals surface area contributed by atoms with E-state index < -0.39 is 0 Å². The van der Waals surface area contributed by atoms with Crippen molar-refractivity contribution in [3.05, 3.63) is 259 Å². The van der Waals surface area contributed by atoms with Crippen LogP contribution in [0, 0.1) is 18.2 Å². The number of benzene rings is 8. The SMILES string of the molecule is [Ir+3].[c-]1ccccc1-c1ccc(CCc2cc(CCc3ccc(-c4[c-]cccc4)nc3)cc(-c3ccccc3-c3cnc4c(ccc5ccc[c-]c54)c3-c3ccc(-c4ccccc4)cc3)c2)cn1. The molecule has 0 aliphatic carbocycles. The van der Waals surface area contributed by atoms with Crippen LogP contribution >= 0.6 is 0 Å². The second-order valence-corrected chi connectivity index (χ2v) is 16.8. The first kappa shape index (κ1) is 43.3. The molecule has 0 saturated carbocycles. The van der Waals surface area contributed by atoms with Gasteiger partial charge in [-0.1, -0.05) is 133 Å². The van der Waals surface area contributed by atoms with Crippen molar-refractivity contribution in [3.8, 4) is 67.0 Å². The number of rotatable bonds is 12. The van der Waals surface area contributed by atoms with E-state index in [-0.39, 0.29) is 20.1 Å². The van der Waals surface area contributed by atoms with Crippen molar-refractivity contribution in [2.75, 3.05) is 0 Å². The third-order valence-corrected chi connectivity index (χ3v) is 12.6. The van der Waals surface area contributed by atoms with Gasteiger partial charge in [0.2, 0.25) is 0 Å². The summed E-state index contributed by atoms with van der Waals surface area (Å²) in [5.74, 6) is 0. The number of pyridine rings is 3. The van der Waals surface area contributed by atoms with Crippen LogP contribution in [0.25, 0.3) is 88.7 Å². The number of hydrogen-bond acceptors (Lipinski definition) is 3. The molecular formula is C63H44IrN3. The molecule has 0 atom stereocenters. The molecule has 11 rings (SSSR count). The summed E-state index contributed by atoms with van der Waals surface area (Å²) in [4.78, 5) is 14.9. The van der Waals surface area contributed by atoms with Gasteiger partial charge in [-0.25, -0.2) is 0 Å². The summed E-state index contributed by atoms with van der Waals surface area (Å²) >= 11 is 0. The quantitative estimate of drug-likeness (QED) is 0.0904. The van der Waals surface area contributed by atoms with Crippen molar-refractivity contribution in [1.82, 2.24) is 15.0 Å². The number of aryl methyl sites for hydroxylation is 4. The topological polar surface area (TPSA) is 38.7 Å². The third-order valence-electron chi connectivity index (χ3n) is 12.6. The number of nitrogens with zero attached hydrogens (tertiary/aromatic N) is 3. The number of fused-ring (bicyclic) bond motifs is 3. The van der Waals surface area contributed by atoms with Gasteiger partial charge in [0.25, 0.3) is 0 Å². The first-order valence-electron chi connectivity index (χ1n) is 22.6. The Labute approximate surface area is 406 Å². The summed E-state index contributed by atoms with van der Waals surface area (Å²) in [6, 6.07) is 80.9. The van der Waals surface area contributed by atoms with Crippen LogP contribution in [-0.4, -0.2) is 15.0 Å². The molecule has 0 fully saturated rings. The van der Waals surface area contributed by atoms with Crippen LogP contribution in [0.1, 0.15) is 22.3 Å². The largest absolute Gasteiger partial charge is 3.00 e. The second-order valence-electron chi connectivity index (χ2n) is 16.8. The molecule has 3 aromatic heterocycles. The molecule has 0 aliphatic rings. The van der Waals surface area contributed by atoms with E-state index in [0.29, 0.717) is 0 Å². The van der Waals surface area contributed by atoms with E-state index in [9.17, 15) is 0 Å². The number of aromatic nitrogens is 3. The summed E-state index contributed by atoms with van der Waals surface area (Å²) in [5, 5.41) is 3.26. The zero-order valence-electron chi connectivity index (χ0n) is 36.8. The fourth-order valence-electron chi connectivity index (χ4n) is 9.15. The van der Waals surface area contributed by atoms with E-state index in [1.54, 1.807) is 0 Å². The van der Waals surface area contributed by atoms with Crippen LogP contribution in [0.15, 0.2) is 219 Å². The fourth-order valence-corrected chi connectivity index (χ4v) is 9.15. The van der Waals surface area contributed by atoms with Crippen molar-refractivity contribution in [1.29, 1.82) is 0 Å². The standard InChI is InChI=1S/C63H44N3.Ir/c1-4-14-48(15-5-1)49-30-32-53(33-31-49)62-58-35-34-50-16-10-11-22-56(50)63(58)66-43-59(62)57-23-13-12-21-55(57)54-39-46(26-24-44-28-36-60(64-41-44)51-17-6-2-7-18-51)38-47(40-54)27-25-45-29-37-61(65-42-45)52-19-8-3-9-20-52;/h1-17,19,21,23,28-43H,24-27H2;/q-3;+3. The molecule has 0 N–H and O–H groups in total. The molecule has 0 unspecified atom stereocenters. The maximum absolute atomic E-state index is 5.24. The Bertz CT molecular complexity index is 3320. The first-order chi connectivity index (χ1) is 32.7. The van der Waals surface area contributed by atoms with E-state index in [2.05, 4.69) is 176 Å². The molecule has 0 radical (unpaired) electrons. The Morgan fingerprint density at radius 2 is 0.925 bits per heavy atom. The van der Waals surface area contributed by atoms with Crippen molar-refractivity contribution in [2.45, 2.75) is 25.7 Å². The van der Waals surface area contributed by atoms with Gasteiger partial charge in [-0.2, -0.15) is 0 Å². The van der Waals surface area contributed by atoms with Crippen molar-refractivity contribution >= 4 is 21.7 Å². The summed E-state index contributed by atoms with van der Waals surface area (Å²) in [6.07, 6.45) is 9.63. The van der Waals surface area contributed by atoms with E-state index in [1.165, 1.54) is 44.5 Å². The van der Waals surface area contributed by atoms with Crippen LogP contribution in [0.2, 0.25) is 0 Å². The average molecular weight is 1040 g/mol.